The van der Waals surface area contributed by atoms with Gasteiger partial charge in [-0.1, -0.05) is 25.3 Å². The maximum atomic E-state index is 12.1. The highest BCUT2D eigenvalue weighted by Gasteiger charge is 2.21. The van der Waals surface area contributed by atoms with Crippen LogP contribution in [0.3, 0.4) is 0 Å². The molecular formula is C16H22N4O2. The normalized spacial score (nSPS) is 18.9. The van der Waals surface area contributed by atoms with Crippen molar-refractivity contribution in [1.29, 1.82) is 0 Å². The zero-order valence-electron chi connectivity index (χ0n) is 12.6. The molecule has 6 nitrogen and oxygen atoms in total. The van der Waals surface area contributed by atoms with E-state index in [9.17, 15) is 9.59 Å². The van der Waals surface area contributed by atoms with Gasteiger partial charge in [-0.3, -0.25) is 4.90 Å². The molecule has 3 rings (SSSR count). The fourth-order valence-electron chi connectivity index (χ4n) is 3.07. The van der Waals surface area contributed by atoms with Crippen LogP contribution in [0.4, 0.5) is 21.0 Å². The minimum Gasteiger partial charge on any atom is -0.336 e. The van der Waals surface area contributed by atoms with Gasteiger partial charge in [-0.25, -0.2) is 9.59 Å². The lowest BCUT2D eigenvalue weighted by Crippen LogP contribution is -2.39. The third-order valence-electron chi connectivity index (χ3n) is 4.21. The summed E-state index contributed by atoms with van der Waals surface area (Å²) in [5.41, 5.74) is 1.50. The van der Waals surface area contributed by atoms with Gasteiger partial charge in [0.25, 0.3) is 0 Å². The van der Waals surface area contributed by atoms with E-state index in [-0.39, 0.29) is 18.1 Å². The van der Waals surface area contributed by atoms with Crippen LogP contribution >= 0.6 is 0 Å². The maximum absolute atomic E-state index is 12.1. The quantitative estimate of drug-likeness (QED) is 0.803. The first kappa shape index (κ1) is 14.7. The van der Waals surface area contributed by atoms with Crippen LogP contribution in [0.1, 0.15) is 32.1 Å². The van der Waals surface area contributed by atoms with Crippen molar-refractivity contribution >= 4 is 23.4 Å². The fourth-order valence-corrected chi connectivity index (χ4v) is 3.07. The molecule has 0 atom stereocenters. The van der Waals surface area contributed by atoms with Crippen LogP contribution < -0.4 is 20.9 Å². The standard InChI is InChI=1S/C16H22N4O2/c21-15(18-12-5-2-1-3-6-12)19-13-7-4-8-14(11-13)20-10-9-17-16(20)22/h4,7-8,11-12H,1-3,5-6,9-10H2,(H,17,22)(H2,18,19,21). The van der Waals surface area contributed by atoms with Gasteiger partial charge in [0.15, 0.2) is 0 Å². The molecule has 2 aliphatic rings. The molecule has 2 fully saturated rings. The zero-order chi connectivity index (χ0) is 15.4. The Morgan fingerprint density at radius 2 is 2.05 bits per heavy atom. The van der Waals surface area contributed by atoms with Gasteiger partial charge in [0.2, 0.25) is 0 Å². The number of carbonyl (C=O) groups is 2. The van der Waals surface area contributed by atoms with Crippen molar-refractivity contribution in [2.45, 2.75) is 38.1 Å². The SMILES string of the molecule is O=C(Nc1cccc(N2CCNC2=O)c1)NC1CCCCC1. The molecule has 0 spiro atoms. The van der Waals surface area contributed by atoms with Gasteiger partial charge in [0.05, 0.1) is 0 Å². The molecule has 6 heteroatoms. The number of nitrogens with zero attached hydrogens (tertiary/aromatic N) is 1. The summed E-state index contributed by atoms with van der Waals surface area (Å²) in [6.45, 7) is 1.30. The molecule has 1 saturated carbocycles. The molecule has 1 aromatic carbocycles. The molecule has 1 aromatic rings. The predicted octanol–water partition coefficient (Wildman–Crippen LogP) is 2.67. The van der Waals surface area contributed by atoms with E-state index in [1.54, 1.807) is 4.90 Å². The Hall–Kier alpha value is -2.24. The van der Waals surface area contributed by atoms with Crippen LogP contribution in [-0.2, 0) is 0 Å². The second-order valence-corrected chi connectivity index (χ2v) is 5.87. The minimum atomic E-state index is -0.171. The smallest absolute Gasteiger partial charge is 0.321 e. The highest BCUT2D eigenvalue weighted by Crippen LogP contribution is 2.21. The Labute approximate surface area is 130 Å². The van der Waals surface area contributed by atoms with E-state index in [1.165, 1.54) is 19.3 Å². The molecule has 118 valence electrons. The van der Waals surface area contributed by atoms with Gasteiger partial charge in [0.1, 0.15) is 0 Å². The Kier molecular flexibility index (Phi) is 4.46. The molecule has 1 saturated heterocycles. The molecule has 0 bridgehead atoms. The third-order valence-corrected chi connectivity index (χ3v) is 4.21. The minimum absolute atomic E-state index is 0.0937. The maximum Gasteiger partial charge on any atom is 0.321 e. The van der Waals surface area contributed by atoms with Crippen molar-refractivity contribution in [3.8, 4) is 0 Å². The van der Waals surface area contributed by atoms with Crippen LogP contribution in [0.2, 0.25) is 0 Å². The van der Waals surface area contributed by atoms with E-state index in [0.29, 0.717) is 18.8 Å². The number of urea groups is 2. The largest absolute Gasteiger partial charge is 0.336 e. The number of benzene rings is 1. The Bertz CT molecular complexity index is 555. The van der Waals surface area contributed by atoms with Crippen molar-refractivity contribution in [2.24, 2.45) is 0 Å². The van der Waals surface area contributed by atoms with Crippen LogP contribution in [-0.4, -0.2) is 31.2 Å². The van der Waals surface area contributed by atoms with Gasteiger partial charge in [-0.2, -0.15) is 0 Å². The summed E-state index contributed by atoms with van der Waals surface area (Å²) >= 11 is 0. The van der Waals surface area contributed by atoms with E-state index in [4.69, 9.17) is 0 Å². The number of rotatable bonds is 3. The average Bonchev–Trinajstić information content (AvgIpc) is 2.94. The number of nitrogens with one attached hydrogen (secondary N) is 3. The first-order valence-corrected chi connectivity index (χ1v) is 7.95. The molecule has 0 radical (unpaired) electrons. The van der Waals surface area contributed by atoms with Crippen LogP contribution in [0.5, 0.6) is 0 Å². The first-order valence-electron chi connectivity index (χ1n) is 7.95. The molecule has 4 amide bonds. The summed E-state index contributed by atoms with van der Waals surface area (Å²) in [5, 5.41) is 8.65. The Balaban J connectivity index is 1.60. The van der Waals surface area contributed by atoms with Gasteiger partial charge in [0, 0.05) is 30.5 Å². The fraction of sp³-hybridized carbons (Fsp3) is 0.500. The van der Waals surface area contributed by atoms with E-state index >= 15 is 0 Å². The van der Waals surface area contributed by atoms with Gasteiger partial charge in [-0.15, -0.1) is 0 Å². The number of amides is 4. The summed E-state index contributed by atoms with van der Waals surface area (Å²) in [5.74, 6) is 0. The summed E-state index contributed by atoms with van der Waals surface area (Å²) in [6.07, 6.45) is 5.75. The van der Waals surface area contributed by atoms with E-state index in [1.807, 2.05) is 24.3 Å². The summed E-state index contributed by atoms with van der Waals surface area (Å²) in [7, 11) is 0. The lowest BCUT2D eigenvalue weighted by atomic mass is 9.96. The Morgan fingerprint density at radius 1 is 1.23 bits per heavy atom. The van der Waals surface area contributed by atoms with Gasteiger partial charge in [-0.05, 0) is 31.0 Å². The van der Waals surface area contributed by atoms with E-state index in [0.717, 1.165) is 18.5 Å². The lowest BCUT2D eigenvalue weighted by molar-refractivity contribution is 0.244. The third kappa shape index (κ3) is 3.50. The molecule has 3 N–H and O–H groups in total. The number of hydrogen-bond acceptors (Lipinski definition) is 2. The van der Waals surface area contributed by atoms with Crippen molar-refractivity contribution in [1.82, 2.24) is 10.6 Å². The van der Waals surface area contributed by atoms with E-state index < -0.39 is 0 Å². The second-order valence-electron chi connectivity index (χ2n) is 5.87. The molecule has 0 aromatic heterocycles. The molecule has 1 aliphatic heterocycles. The molecular weight excluding hydrogens is 280 g/mol. The molecule has 22 heavy (non-hydrogen) atoms. The zero-order valence-corrected chi connectivity index (χ0v) is 12.6. The number of hydrogen-bond donors (Lipinski definition) is 3. The Morgan fingerprint density at radius 3 is 2.77 bits per heavy atom. The van der Waals surface area contributed by atoms with Crippen molar-refractivity contribution in [3.05, 3.63) is 24.3 Å². The van der Waals surface area contributed by atoms with Gasteiger partial charge < -0.3 is 16.0 Å². The number of carbonyl (C=O) groups excluding carboxylic acids is 2. The van der Waals surface area contributed by atoms with Crippen LogP contribution in [0.25, 0.3) is 0 Å². The van der Waals surface area contributed by atoms with Crippen molar-refractivity contribution < 1.29 is 9.59 Å². The summed E-state index contributed by atoms with van der Waals surface area (Å²) in [6, 6.07) is 7.38. The predicted molar refractivity (Wildman–Crippen MR) is 86.2 cm³/mol. The number of anilines is 2. The first-order chi connectivity index (χ1) is 10.7. The highest BCUT2D eigenvalue weighted by molar-refractivity contribution is 5.95. The molecule has 1 aliphatic carbocycles. The van der Waals surface area contributed by atoms with Gasteiger partial charge >= 0.3 is 12.1 Å². The molecule has 1 heterocycles. The van der Waals surface area contributed by atoms with Crippen LogP contribution in [0, 0.1) is 0 Å². The molecule has 0 unspecified atom stereocenters. The van der Waals surface area contributed by atoms with Crippen molar-refractivity contribution in [2.75, 3.05) is 23.3 Å². The summed E-state index contributed by atoms with van der Waals surface area (Å²) < 4.78 is 0. The van der Waals surface area contributed by atoms with E-state index in [2.05, 4.69) is 16.0 Å². The lowest BCUT2D eigenvalue weighted by Gasteiger charge is -2.23. The topological polar surface area (TPSA) is 73.5 Å². The summed E-state index contributed by atoms with van der Waals surface area (Å²) in [4.78, 5) is 25.4. The highest BCUT2D eigenvalue weighted by atomic mass is 16.2. The monoisotopic (exact) mass is 302 g/mol. The van der Waals surface area contributed by atoms with Crippen LogP contribution in [0.15, 0.2) is 24.3 Å². The van der Waals surface area contributed by atoms with Crippen molar-refractivity contribution in [3.63, 3.8) is 0 Å². The average molecular weight is 302 g/mol. The second kappa shape index (κ2) is 6.68.